The number of hydrogen-bond acceptors (Lipinski definition) is 5. The molecule has 0 radical (unpaired) electrons. The lowest BCUT2D eigenvalue weighted by Gasteiger charge is -2.43. The quantitative estimate of drug-likeness (QED) is 0.114. The minimum absolute atomic E-state index is 0.0631. The highest BCUT2D eigenvalue weighted by Gasteiger charge is 2.50. The van der Waals surface area contributed by atoms with Crippen molar-refractivity contribution in [1.82, 2.24) is 9.80 Å². The summed E-state index contributed by atoms with van der Waals surface area (Å²) in [7, 11) is 3.61. The van der Waals surface area contributed by atoms with Crippen LogP contribution in [0.5, 0.6) is 0 Å². The summed E-state index contributed by atoms with van der Waals surface area (Å²) in [5.41, 5.74) is 5.83. The first-order valence-electron chi connectivity index (χ1n) is 40.4. The van der Waals surface area contributed by atoms with E-state index in [2.05, 4.69) is 364 Å². The first kappa shape index (κ1) is 107. The average molecular weight is 1430 g/mol. The van der Waals surface area contributed by atoms with E-state index in [4.69, 9.17) is 14.3 Å². The number of aliphatic hydroxyl groups excluding tert-OH is 1. The van der Waals surface area contributed by atoms with Crippen LogP contribution >= 0.6 is 0 Å². The van der Waals surface area contributed by atoms with E-state index in [0.29, 0.717) is 43.3 Å². The van der Waals surface area contributed by atoms with Gasteiger partial charge in [0.2, 0.25) is 0 Å². The van der Waals surface area contributed by atoms with Gasteiger partial charge in [0, 0.05) is 13.7 Å². The molecule has 596 valence electrons. The minimum atomic E-state index is -2.35. The van der Waals surface area contributed by atoms with Gasteiger partial charge in [-0.1, -0.05) is 378 Å². The fourth-order valence-corrected chi connectivity index (χ4v) is 16.1. The Morgan fingerprint density at radius 1 is 0.485 bits per heavy atom. The molecule has 101 heavy (non-hydrogen) atoms. The standard InChI is InChI=1S/C22H32OSi.C11H23N.C11H16.C9H18.C8H19N.C7H16O.2C7H16.C7H14.C6H14O/c1-21(2,3)17-18-23-24(22(4,5)6,19-13-9-7-10-14-19)20-15-11-8-12-16-20;1-11(2,3)7-10-12-8-5-4-6-9-12;1-11(2,3)9-10-7-5-4-6-8-10;1-9(2,3)7-8-5-4-6-8;1-8(2,3)6-7-9(4)5;1-6(8)5-7(2,3)4;3*1-5-6-7(2,3)4;1-6(2,3)5-7-4/h7-16H,17-18H2,1-6H3;4-10H2,1-3H3;4-8H,9H2,1-3H3;8H,4-7H2,1-3H3;6-7H2,1-5H3;6,8H,5H2,1-4H3;2*5-6H2,1-4H3;5H,1,6H2,2-4H3;5H2,1-4H3. The first-order valence-corrected chi connectivity index (χ1v) is 42.3. The van der Waals surface area contributed by atoms with Gasteiger partial charge in [-0.2, -0.15) is 0 Å². The van der Waals surface area contributed by atoms with Gasteiger partial charge in [-0.3, -0.25) is 0 Å². The van der Waals surface area contributed by atoms with Crippen LogP contribution in [0.1, 0.15) is 358 Å². The summed E-state index contributed by atoms with van der Waals surface area (Å²) >= 11 is 0. The number of aliphatic hydroxyl groups is 1. The van der Waals surface area contributed by atoms with Gasteiger partial charge in [0.25, 0.3) is 8.32 Å². The molecule has 5 rings (SSSR count). The van der Waals surface area contributed by atoms with Crippen LogP contribution in [0.15, 0.2) is 104 Å². The molecule has 0 aromatic heterocycles. The second-order valence-electron chi connectivity index (χ2n) is 43.2. The molecule has 1 N–H and O–H groups in total. The molecule has 1 atom stereocenters. The number of nitrogens with zero attached hydrogens (tertiary/aromatic N) is 2. The Labute approximate surface area is 638 Å². The predicted octanol–water partition coefficient (Wildman–Crippen LogP) is 28.1. The van der Waals surface area contributed by atoms with Gasteiger partial charge < -0.3 is 24.1 Å². The lowest BCUT2D eigenvalue weighted by Crippen LogP contribution is -2.66. The SMILES string of the molecule is C=CCC(C)(C)C.CC(C)(C)CC1CCC1.CC(C)(C)CCN1CCCCC1.CC(C)(C)CCO[Si](c1ccccc1)(c1ccccc1)C(C)(C)C.CC(C)(C)Cc1ccccc1.CC(O)CC(C)(C)C.CCCC(C)(C)C.CCCC(C)(C)C.CN(C)CCC(C)(C)C.COCC(C)(C)C. The third-order valence-electron chi connectivity index (χ3n) is 16.5. The van der Waals surface area contributed by atoms with Gasteiger partial charge >= 0.3 is 0 Å². The van der Waals surface area contributed by atoms with Crippen molar-refractivity contribution in [3.05, 3.63) is 109 Å². The van der Waals surface area contributed by atoms with Crippen molar-refractivity contribution >= 4 is 18.7 Å². The maximum Gasteiger partial charge on any atom is 0.261 e. The molecule has 2 fully saturated rings. The topological polar surface area (TPSA) is 45.2 Å². The number of allylic oxidation sites excluding steroid dienone is 1. The van der Waals surface area contributed by atoms with E-state index in [1.807, 2.05) is 13.0 Å². The van der Waals surface area contributed by atoms with Gasteiger partial charge in [0.15, 0.2) is 0 Å². The van der Waals surface area contributed by atoms with E-state index in [1.54, 1.807) is 7.11 Å². The Morgan fingerprint density at radius 2 is 0.871 bits per heavy atom. The van der Waals surface area contributed by atoms with Crippen molar-refractivity contribution in [3.63, 3.8) is 0 Å². The van der Waals surface area contributed by atoms with E-state index in [-0.39, 0.29) is 22.0 Å². The smallest absolute Gasteiger partial charge is 0.261 e. The van der Waals surface area contributed by atoms with Crippen LogP contribution in [0.25, 0.3) is 0 Å². The molecule has 0 bridgehead atoms. The number of hydrogen-bond donors (Lipinski definition) is 1. The van der Waals surface area contributed by atoms with E-state index < -0.39 is 8.32 Å². The highest BCUT2D eigenvalue weighted by molar-refractivity contribution is 6.99. The number of methoxy groups -OCH3 is 1. The van der Waals surface area contributed by atoms with Crippen LogP contribution in [-0.4, -0.2) is 89.9 Å². The van der Waals surface area contributed by atoms with Crippen LogP contribution in [-0.2, 0) is 15.6 Å². The zero-order valence-electron chi connectivity index (χ0n) is 76.0. The van der Waals surface area contributed by atoms with Gasteiger partial charge in [-0.05, 0) is 199 Å². The van der Waals surface area contributed by atoms with Crippen molar-refractivity contribution in [2.75, 3.05) is 60.6 Å². The first-order chi connectivity index (χ1) is 45.5. The van der Waals surface area contributed by atoms with Gasteiger partial charge in [-0.15, -0.1) is 6.58 Å². The lowest BCUT2D eigenvalue weighted by atomic mass is 9.74. The van der Waals surface area contributed by atoms with E-state index in [0.717, 1.165) is 44.8 Å². The summed E-state index contributed by atoms with van der Waals surface area (Å²) in [6.45, 7) is 91.3. The third-order valence-corrected chi connectivity index (χ3v) is 21.5. The Bertz CT molecular complexity index is 2240. The average Bonchev–Trinajstić information content (AvgIpc) is 0.749. The van der Waals surface area contributed by atoms with E-state index in [9.17, 15) is 0 Å². The summed E-state index contributed by atoms with van der Waals surface area (Å²) in [4.78, 5) is 4.85. The number of piperidine rings is 1. The van der Waals surface area contributed by atoms with Crippen molar-refractivity contribution in [3.8, 4) is 0 Å². The number of benzene rings is 3. The van der Waals surface area contributed by atoms with Gasteiger partial charge in [0.1, 0.15) is 0 Å². The minimum Gasteiger partial charge on any atom is -0.407 e. The van der Waals surface area contributed by atoms with Crippen molar-refractivity contribution < 1.29 is 14.3 Å². The van der Waals surface area contributed by atoms with Crippen LogP contribution in [0.2, 0.25) is 5.04 Å². The fraction of sp³-hybridized carbons (Fsp3) is 0.789. The Kier molecular flexibility index (Phi) is 55.6. The molecule has 2 aliphatic rings. The van der Waals surface area contributed by atoms with E-state index >= 15 is 0 Å². The normalized spacial score (nSPS) is 14.5. The second kappa shape index (κ2) is 52.4. The summed E-state index contributed by atoms with van der Waals surface area (Å²) in [5.74, 6) is 1.07. The molecule has 3 aromatic carbocycles. The van der Waals surface area contributed by atoms with E-state index in [1.165, 1.54) is 126 Å². The molecule has 1 saturated heterocycles. The zero-order chi connectivity index (χ0) is 80.0. The van der Waals surface area contributed by atoms with Crippen LogP contribution in [0.3, 0.4) is 0 Å². The lowest BCUT2D eigenvalue weighted by molar-refractivity contribution is 0.116. The summed E-state index contributed by atoms with van der Waals surface area (Å²) < 4.78 is 11.8. The molecule has 3 aromatic rings. The van der Waals surface area contributed by atoms with Crippen LogP contribution < -0.4 is 10.4 Å². The Balaban J connectivity index is -0.000000351. The third kappa shape index (κ3) is 76.9. The molecule has 1 unspecified atom stereocenters. The van der Waals surface area contributed by atoms with Gasteiger partial charge in [-0.25, -0.2) is 0 Å². The predicted molar refractivity (Wildman–Crippen MR) is 466 cm³/mol. The maximum absolute atomic E-state index is 8.89. The van der Waals surface area contributed by atoms with Crippen molar-refractivity contribution in [2.45, 2.75) is 370 Å². The summed E-state index contributed by atoms with van der Waals surface area (Å²) in [6, 6.07) is 32.4. The van der Waals surface area contributed by atoms with Gasteiger partial charge in [0.05, 0.1) is 12.7 Å². The molecular formula is C95H184N2O3Si. The highest BCUT2D eigenvalue weighted by atomic mass is 28.4. The molecular weight excluding hydrogens is 1250 g/mol. The molecule has 5 nitrogen and oxygen atoms in total. The molecule has 6 heteroatoms. The largest absolute Gasteiger partial charge is 0.407 e. The second-order valence-corrected chi connectivity index (χ2v) is 47.5. The summed E-state index contributed by atoms with van der Waals surface area (Å²) in [5, 5.41) is 11.7. The van der Waals surface area contributed by atoms with Crippen LogP contribution in [0, 0.1) is 60.1 Å². The molecule has 0 amide bonds. The summed E-state index contributed by atoms with van der Waals surface area (Å²) in [6.07, 6.45) is 24.1. The zero-order valence-corrected chi connectivity index (χ0v) is 77.0. The molecule has 1 aliphatic heterocycles. The maximum atomic E-state index is 8.89. The Morgan fingerprint density at radius 3 is 1.07 bits per heavy atom. The molecule has 1 saturated carbocycles. The number of likely N-dealkylation sites (tertiary alicyclic amines) is 1. The molecule has 0 spiro atoms. The molecule has 1 aliphatic carbocycles. The Hall–Kier alpha value is -2.58. The highest BCUT2D eigenvalue weighted by Crippen LogP contribution is 2.38. The van der Waals surface area contributed by atoms with Crippen LogP contribution in [0.4, 0.5) is 0 Å². The molecule has 1 heterocycles. The fourth-order valence-electron chi connectivity index (χ4n) is 11.5. The monoisotopic (exact) mass is 1430 g/mol. The number of ether oxygens (including phenoxy) is 1. The number of rotatable bonds is 16. The van der Waals surface area contributed by atoms with Crippen molar-refractivity contribution in [2.24, 2.45) is 60.1 Å². The van der Waals surface area contributed by atoms with Crippen molar-refractivity contribution in [1.29, 1.82) is 0 Å².